The Morgan fingerprint density at radius 3 is 2.78 bits per heavy atom. The van der Waals surface area contributed by atoms with Crippen molar-refractivity contribution in [1.82, 2.24) is 9.55 Å². The topological polar surface area (TPSA) is 37.8 Å². The van der Waals surface area contributed by atoms with E-state index in [1.54, 1.807) is 30.3 Å². The van der Waals surface area contributed by atoms with Crippen molar-refractivity contribution >= 4 is 22.6 Å². The summed E-state index contributed by atoms with van der Waals surface area (Å²) in [5.41, 5.74) is 1.40. The van der Waals surface area contributed by atoms with Crippen LogP contribution in [-0.2, 0) is 0 Å². The molecule has 0 bridgehead atoms. The molecule has 0 aliphatic heterocycles. The molecule has 18 heavy (non-hydrogen) atoms. The molecule has 0 aliphatic carbocycles. The van der Waals surface area contributed by atoms with Gasteiger partial charge in [0, 0.05) is 5.02 Å². The zero-order valence-corrected chi connectivity index (χ0v) is 9.91. The average Bonchev–Trinajstić information content (AvgIpc) is 2.64. The minimum Gasteiger partial charge on any atom is -0.305 e. The number of nitrogens with one attached hydrogen (secondary N) is 1. The Kier molecular flexibility index (Phi) is 2.45. The smallest absolute Gasteiger partial charge is 0.305 e. The molecular formula is C13H8ClFN2O. The maximum absolute atomic E-state index is 13.1. The molecule has 5 heteroatoms. The van der Waals surface area contributed by atoms with Gasteiger partial charge in [0.2, 0.25) is 0 Å². The number of rotatable bonds is 1. The van der Waals surface area contributed by atoms with E-state index in [0.717, 1.165) is 0 Å². The van der Waals surface area contributed by atoms with Crippen LogP contribution in [0.2, 0.25) is 5.02 Å². The third-order valence-corrected chi connectivity index (χ3v) is 2.95. The first kappa shape index (κ1) is 11.0. The SMILES string of the molecule is O=c1[nH]c2cc(F)ccc2n1-c1cccc(Cl)c1. The Morgan fingerprint density at radius 2 is 2.00 bits per heavy atom. The van der Waals surface area contributed by atoms with E-state index in [-0.39, 0.29) is 11.5 Å². The largest absolute Gasteiger partial charge is 0.331 e. The van der Waals surface area contributed by atoms with Crippen LogP contribution in [0.25, 0.3) is 16.7 Å². The number of hydrogen-bond acceptors (Lipinski definition) is 1. The third-order valence-electron chi connectivity index (χ3n) is 2.71. The van der Waals surface area contributed by atoms with E-state index >= 15 is 0 Å². The third kappa shape index (κ3) is 1.71. The lowest BCUT2D eigenvalue weighted by atomic mass is 10.2. The number of hydrogen-bond donors (Lipinski definition) is 1. The summed E-state index contributed by atoms with van der Waals surface area (Å²) in [5.74, 6) is -0.387. The molecule has 0 aliphatic rings. The van der Waals surface area contributed by atoms with E-state index < -0.39 is 0 Å². The molecule has 3 rings (SSSR count). The number of fused-ring (bicyclic) bond motifs is 1. The summed E-state index contributed by atoms with van der Waals surface area (Å²) in [6, 6.07) is 11.1. The summed E-state index contributed by atoms with van der Waals surface area (Å²) in [4.78, 5) is 14.5. The summed E-state index contributed by atoms with van der Waals surface area (Å²) < 4.78 is 14.6. The van der Waals surface area contributed by atoms with Crippen LogP contribution in [0.15, 0.2) is 47.3 Å². The van der Waals surface area contributed by atoms with Crippen LogP contribution in [0.3, 0.4) is 0 Å². The second-order valence-electron chi connectivity index (χ2n) is 3.91. The van der Waals surface area contributed by atoms with Gasteiger partial charge in [-0.1, -0.05) is 17.7 Å². The number of H-pyrrole nitrogens is 1. The van der Waals surface area contributed by atoms with Gasteiger partial charge in [-0.3, -0.25) is 4.57 Å². The van der Waals surface area contributed by atoms with E-state index in [1.165, 1.54) is 16.7 Å². The maximum atomic E-state index is 13.1. The molecule has 1 N–H and O–H groups in total. The Balaban J connectivity index is 2.35. The van der Waals surface area contributed by atoms with Crippen molar-refractivity contribution in [3.05, 3.63) is 63.8 Å². The first-order chi connectivity index (χ1) is 8.65. The molecule has 3 aromatic rings. The van der Waals surface area contributed by atoms with Crippen molar-refractivity contribution in [2.45, 2.75) is 0 Å². The molecular weight excluding hydrogens is 255 g/mol. The Labute approximate surface area is 106 Å². The van der Waals surface area contributed by atoms with Crippen LogP contribution >= 0.6 is 11.6 Å². The molecule has 2 aromatic carbocycles. The normalized spacial score (nSPS) is 11.0. The average molecular weight is 263 g/mol. The van der Waals surface area contributed by atoms with E-state index in [2.05, 4.69) is 4.98 Å². The van der Waals surface area contributed by atoms with Crippen molar-refractivity contribution < 1.29 is 4.39 Å². The van der Waals surface area contributed by atoms with Crippen LogP contribution in [0.1, 0.15) is 0 Å². The van der Waals surface area contributed by atoms with Crippen LogP contribution < -0.4 is 5.69 Å². The fourth-order valence-electron chi connectivity index (χ4n) is 1.96. The molecule has 0 amide bonds. The molecule has 0 unspecified atom stereocenters. The first-order valence-corrected chi connectivity index (χ1v) is 5.69. The standard InChI is InChI=1S/C13H8ClFN2O/c14-8-2-1-3-10(6-8)17-12-5-4-9(15)7-11(12)16-13(17)18/h1-7H,(H,16,18). The van der Waals surface area contributed by atoms with Gasteiger partial charge in [-0.05, 0) is 36.4 Å². The predicted octanol–water partition coefficient (Wildman–Crippen LogP) is 3.11. The predicted molar refractivity (Wildman–Crippen MR) is 68.9 cm³/mol. The minimum atomic E-state index is -0.387. The second kappa shape index (κ2) is 3.99. The van der Waals surface area contributed by atoms with Gasteiger partial charge in [-0.2, -0.15) is 0 Å². The number of aromatic nitrogens is 2. The summed E-state index contributed by atoms with van der Waals surface area (Å²) >= 11 is 5.90. The van der Waals surface area contributed by atoms with Gasteiger partial charge in [-0.25, -0.2) is 9.18 Å². The quantitative estimate of drug-likeness (QED) is 0.719. The molecule has 1 aromatic heterocycles. The highest BCUT2D eigenvalue weighted by Crippen LogP contribution is 2.19. The minimum absolute atomic E-state index is 0.321. The fraction of sp³-hybridized carbons (Fsp3) is 0. The first-order valence-electron chi connectivity index (χ1n) is 5.31. The van der Waals surface area contributed by atoms with E-state index in [9.17, 15) is 9.18 Å². The Bertz CT molecular complexity index is 791. The molecule has 0 fully saturated rings. The van der Waals surface area contributed by atoms with Crippen molar-refractivity contribution in [1.29, 1.82) is 0 Å². The molecule has 0 saturated heterocycles. The monoisotopic (exact) mass is 262 g/mol. The number of benzene rings is 2. The summed E-state index contributed by atoms with van der Waals surface area (Å²) in [5, 5.41) is 0.538. The van der Waals surface area contributed by atoms with Crippen LogP contribution in [0, 0.1) is 5.82 Å². The fourth-order valence-corrected chi connectivity index (χ4v) is 2.14. The van der Waals surface area contributed by atoms with Crippen molar-refractivity contribution in [2.24, 2.45) is 0 Å². The highest BCUT2D eigenvalue weighted by Gasteiger charge is 2.09. The zero-order chi connectivity index (χ0) is 12.7. The summed E-state index contributed by atoms with van der Waals surface area (Å²) in [6.07, 6.45) is 0. The van der Waals surface area contributed by atoms with E-state index in [0.29, 0.717) is 21.7 Å². The lowest BCUT2D eigenvalue weighted by Gasteiger charge is -2.03. The molecule has 3 nitrogen and oxygen atoms in total. The van der Waals surface area contributed by atoms with Gasteiger partial charge in [0.1, 0.15) is 5.82 Å². The zero-order valence-electron chi connectivity index (χ0n) is 9.15. The van der Waals surface area contributed by atoms with Crippen molar-refractivity contribution in [3.8, 4) is 5.69 Å². The van der Waals surface area contributed by atoms with Crippen LogP contribution in [0.5, 0.6) is 0 Å². The lowest BCUT2D eigenvalue weighted by Crippen LogP contribution is -2.14. The molecule has 0 radical (unpaired) electrons. The second-order valence-corrected chi connectivity index (χ2v) is 4.34. The van der Waals surface area contributed by atoms with Crippen molar-refractivity contribution in [2.75, 3.05) is 0 Å². The van der Waals surface area contributed by atoms with Gasteiger partial charge in [-0.15, -0.1) is 0 Å². The van der Waals surface area contributed by atoms with Gasteiger partial charge in [0.15, 0.2) is 0 Å². The van der Waals surface area contributed by atoms with Crippen LogP contribution in [-0.4, -0.2) is 9.55 Å². The van der Waals surface area contributed by atoms with Gasteiger partial charge >= 0.3 is 5.69 Å². The Morgan fingerprint density at radius 1 is 1.17 bits per heavy atom. The highest BCUT2D eigenvalue weighted by molar-refractivity contribution is 6.30. The number of imidazole rings is 1. The maximum Gasteiger partial charge on any atom is 0.331 e. The van der Waals surface area contributed by atoms with Crippen LogP contribution in [0.4, 0.5) is 4.39 Å². The molecule has 0 spiro atoms. The van der Waals surface area contributed by atoms with E-state index in [1.807, 2.05) is 0 Å². The van der Waals surface area contributed by atoms with Gasteiger partial charge < -0.3 is 4.98 Å². The summed E-state index contributed by atoms with van der Waals surface area (Å²) in [6.45, 7) is 0. The van der Waals surface area contributed by atoms with Gasteiger partial charge in [0.25, 0.3) is 0 Å². The summed E-state index contributed by atoms with van der Waals surface area (Å²) in [7, 11) is 0. The lowest BCUT2D eigenvalue weighted by molar-refractivity contribution is 0.629. The van der Waals surface area contributed by atoms with Gasteiger partial charge in [0.05, 0.1) is 16.7 Å². The van der Waals surface area contributed by atoms with E-state index in [4.69, 9.17) is 11.6 Å². The molecule has 90 valence electrons. The highest BCUT2D eigenvalue weighted by atomic mass is 35.5. The molecule has 1 heterocycles. The number of halogens is 2. The Hall–Kier alpha value is -2.07. The number of nitrogens with zero attached hydrogens (tertiary/aromatic N) is 1. The molecule has 0 atom stereocenters. The van der Waals surface area contributed by atoms with Crippen molar-refractivity contribution in [3.63, 3.8) is 0 Å². The molecule has 0 saturated carbocycles. The number of aromatic amines is 1.